The zero-order chi connectivity index (χ0) is 11.0. The summed E-state index contributed by atoms with van der Waals surface area (Å²) in [6.07, 6.45) is -0.106. The van der Waals surface area contributed by atoms with Crippen LogP contribution in [-0.4, -0.2) is 11.5 Å². The summed E-state index contributed by atoms with van der Waals surface area (Å²) in [5.74, 6) is 0. The van der Waals surface area contributed by atoms with Gasteiger partial charge in [0.2, 0.25) is 0 Å². The molecule has 0 bridgehead atoms. The topological polar surface area (TPSA) is 26.3 Å². The summed E-state index contributed by atoms with van der Waals surface area (Å²) in [5.41, 5.74) is 0.581. The predicted molar refractivity (Wildman–Crippen MR) is 58.6 cm³/mol. The van der Waals surface area contributed by atoms with Gasteiger partial charge in [0, 0.05) is 11.6 Å². The number of halogens is 1. The zero-order valence-electron chi connectivity index (χ0n) is 8.66. The molecule has 2 nitrogen and oxygen atoms in total. The van der Waals surface area contributed by atoms with Crippen LogP contribution < -0.4 is 0 Å². The number of benzene rings is 1. The van der Waals surface area contributed by atoms with Gasteiger partial charge in [-0.25, -0.2) is 4.79 Å². The van der Waals surface area contributed by atoms with Gasteiger partial charge in [-0.2, -0.15) is 0 Å². The molecule has 78 valence electrons. The first-order valence-electron chi connectivity index (χ1n) is 4.40. The standard InChI is InChI=1S/C7H8.C4H7ClO2/c1-7-5-3-2-4-6-7;1-3(2)7-4(5)6/h2-6H,1H3;3H,1-2H3. The Morgan fingerprint density at radius 1 is 1.29 bits per heavy atom. The second-order valence-electron chi connectivity index (χ2n) is 3.06. The molecule has 0 fully saturated rings. The molecule has 0 amide bonds. The Labute approximate surface area is 89.8 Å². The molecule has 1 aromatic carbocycles. The van der Waals surface area contributed by atoms with Gasteiger partial charge in [0.05, 0.1) is 6.10 Å². The minimum Gasteiger partial charge on any atom is -0.451 e. The van der Waals surface area contributed by atoms with Crippen LogP contribution in [0.15, 0.2) is 30.3 Å². The molecule has 0 unspecified atom stereocenters. The molecular weight excluding hydrogens is 200 g/mol. The Hall–Kier alpha value is -1.02. The minimum atomic E-state index is -0.741. The lowest BCUT2D eigenvalue weighted by molar-refractivity contribution is 0.141. The maximum Gasteiger partial charge on any atom is 0.404 e. The highest BCUT2D eigenvalue weighted by atomic mass is 35.5. The van der Waals surface area contributed by atoms with E-state index in [4.69, 9.17) is 11.6 Å². The maximum atomic E-state index is 9.80. The van der Waals surface area contributed by atoms with E-state index < -0.39 is 5.43 Å². The third-order valence-electron chi connectivity index (χ3n) is 1.27. The van der Waals surface area contributed by atoms with Crippen molar-refractivity contribution in [3.05, 3.63) is 35.9 Å². The molecule has 0 radical (unpaired) electrons. The molecule has 0 aliphatic rings. The van der Waals surface area contributed by atoms with Crippen LogP contribution in [0.2, 0.25) is 0 Å². The van der Waals surface area contributed by atoms with E-state index in [1.54, 1.807) is 13.8 Å². The number of ether oxygens (including phenoxy) is 1. The molecule has 1 rings (SSSR count). The first-order chi connectivity index (χ1) is 6.52. The average Bonchev–Trinajstić information content (AvgIpc) is 2.03. The van der Waals surface area contributed by atoms with Gasteiger partial charge in [-0.3, -0.25) is 0 Å². The van der Waals surface area contributed by atoms with Crippen LogP contribution >= 0.6 is 11.6 Å². The maximum absolute atomic E-state index is 9.80. The van der Waals surface area contributed by atoms with Crippen molar-refractivity contribution in [2.45, 2.75) is 26.9 Å². The van der Waals surface area contributed by atoms with Crippen molar-refractivity contribution in [1.29, 1.82) is 0 Å². The lowest BCUT2D eigenvalue weighted by Gasteiger charge is -2.00. The number of rotatable bonds is 1. The molecule has 3 heteroatoms. The predicted octanol–water partition coefficient (Wildman–Crippen LogP) is 3.77. The van der Waals surface area contributed by atoms with Crippen LogP contribution in [-0.2, 0) is 4.74 Å². The summed E-state index contributed by atoms with van der Waals surface area (Å²) >= 11 is 4.81. The first-order valence-corrected chi connectivity index (χ1v) is 4.78. The van der Waals surface area contributed by atoms with Gasteiger partial charge in [-0.15, -0.1) is 0 Å². The molecule has 0 saturated carbocycles. The van der Waals surface area contributed by atoms with E-state index in [2.05, 4.69) is 23.8 Å². The highest BCUT2D eigenvalue weighted by molar-refractivity contribution is 6.61. The van der Waals surface area contributed by atoms with Gasteiger partial charge in [-0.1, -0.05) is 35.9 Å². The van der Waals surface area contributed by atoms with E-state index in [9.17, 15) is 4.79 Å². The Balaban J connectivity index is 0.000000241. The lowest BCUT2D eigenvalue weighted by atomic mass is 10.2. The van der Waals surface area contributed by atoms with E-state index >= 15 is 0 Å². The van der Waals surface area contributed by atoms with Crippen molar-refractivity contribution >= 4 is 17.0 Å². The van der Waals surface area contributed by atoms with Crippen LogP contribution in [0.4, 0.5) is 4.79 Å². The van der Waals surface area contributed by atoms with Crippen molar-refractivity contribution in [2.75, 3.05) is 0 Å². The van der Waals surface area contributed by atoms with Crippen molar-refractivity contribution in [3.63, 3.8) is 0 Å². The largest absolute Gasteiger partial charge is 0.451 e. The molecule has 0 aromatic heterocycles. The van der Waals surface area contributed by atoms with Crippen LogP contribution in [0, 0.1) is 6.92 Å². The lowest BCUT2D eigenvalue weighted by Crippen LogP contribution is -2.03. The summed E-state index contributed by atoms with van der Waals surface area (Å²) in [4.78, 5) is 9.80. The Morgan fingerprint density at radius 2 is 1.79 bits per heavy atom. The third kappa shape index (κ3) is 9.07. The first kappa shape index (κ1) is 13.0. The van der Waals surface area contributed by atoms with Crippen molar-refractivity contribution in [2.24, 2.45) is 0 Å². The van der Waals surface area contributed by atoms with E-state index in [0.29, 0.717) is 0 Å². The molecule has 0 heterocycles. The second-order valence-corrected chi connectivity index (χ2v) is 3.37. The summed E-state index contributed by atoms with van der Waals surface area (Å²) in [6.45, 7) is 5.56. The van der Waals surface area contributed by atoms with E-state index in [1.807, 2.05) is 18.2 Å². The van der Waals surface area contributed by atoms with Crippen LogP contribution in [0.5, 0.6) is 0 Å². The van der Waals surface area contributed by atoms with Gasteiger partial charge in [0.15, 0.2) is 0 Å². The summed E-state index contributed by atoms with van der Waals surface area (Å²) in [6, 6.07) is 10.3. The quantitative estimate of drug-likeness (QED) is 0.666. The summed E-state index contributed by atoms with van der Waals surface area (Å²) < 4.78 is 4.38. The third-order valence-corrected chi connectivity index (χ3v) is 1.36. The van der Waals surface area contributed by atoms with Crippen LogP contribution in [0.3, 0.4) is 0 Å². The van der Waals surface area contributed by atoms with E-state index in [-0.39, 0.29) is 6.10 Å². The average molecular weight is 215 g/mol. The number of carbonyl (C=O) groups excluding carboxylic acids is 1. The van der Waals surface area contributed by atoms with Gasteiger partial charge in [0.25, 0.3) is 0 Å². The number of aryl methyl sites for hydroxylation is 1. The molecule has 0 aliphatic carbocycles. The van der Waals surface area contributed by atoms with Crippen molar-refractivity contribution < 1.29 is 9.53 Å². The van der Waals surface area contributed by atoms with Crippen LogP contribution in [0.1, 0.15) is 19.4 Å². The van der Waals surface area contributed by atoms with Gasteiger partial charge in [0.1, 0.15) is 0 Å². The Morgan fingerprint density at radius 3 is 1.93 bits per heavy atom. The SMILES string of the molecule is CC(C)OC(=O)Cl.Cc1ccccc1. The van der Waals surface area contributed by atoms with Gasteiger partial charge in [-0.05, 0) is 20.8 Å². The highest BCUT2D eigenvalue weighted by Crippen LogP contribution is 1.92. The molecule has 0 N–H and O–H groups in total. The highest BCUT2D eigenvalue weighted by Gasteiger charge is 1.96. The molecule has 0 saturated heterocycles. The monoisotopic (exact) mass is 214 g/mol. The fourth-order valence-corrected chi connectivity index (χ4v) is 0.898. The van der Waals surface area contributed by atoms with Crippen molar-refractivity contribution in [3.8, 4) is 0 Å². The smallest absolute Gasteiger partial charge is 0.404 e. The number of hydrogen-bond acceptors (Lipinski definition) is 2. The molecule has 14 heavy (non-hydrogen) atoms. The zero-order valence-corrected chi connectivity index (χ0v) is 9.41. The molecule has 0 aliphatic heterocycles. The van der Waals surface area contributed by atoms with Gasteiger partial charge >= 0.3 is 5.43 Å². The van der Waals surface area contributed by atoms with Crippen molar-refractivity contribution in [1.82, 2.24) is 0 Å². The molecule has 0 spiro atoms. The summed E-state index contributed by atoms with van der Waals surface area (Å²) in [5, 5.41) is 0. The minimum absolute atomic E-state index is 0.106. The summed E-state index contributed by atoms with van der Waals surface area (Å²) in [7, 11) is 0. The number of hydrogen-bond donors (Lipinski definition) is 0. The Bertz CT molecular complexity index is 257. The van der Waals surface area contributed by atoms with Gasteiger partial charge < -0.3 is 4.74 Å². The van der Waals surface area contributed by atoms with E-state index in [0.717, 1.165) is 0 Å². The van der Waals surface area contributed by atoms with Crippen LogP contribution in [0.25, 0.3) is 0 Å². The van der Waals surface area contributed by atoms with E-state index in [1.165, 1.54) is 5.56 Å². The molecule has 0 atom stereocenters. The second kappa shape index (κ2) is 7.39. The molecule has 1 aromatic rings. The molecular formula is C11H15ClO2. The fourth-order valence-electron chi connectivity index (χ4n) is 0.720. The Kier molecular flexibility index (Phi) is 6.85. The normalized spacial score (nSPS) is 8.93. The fraction of sp³-hybridized carbons (Fsp3) is 0.364. The number of carbonyl (C=O) groups is 1.